The van der Waals surface area contributed by atoms with Crippen LogP contribution in [0.1, 0.15) is 18.5 Å². The van der Waals surface area contributed by atoms with Gasteiger partial charge in [-0.3, -0.25) is 4.79 Å². The van der Waals surface area contributed by atoms with Crippen molar-refractivity contribution in [1.29, 1.82) is 0 Å². The Bertz CT molecular complexity index is 619. The third-order valence-corrected chi connectivity index (χ3v) is 3.55. The van der Waals surface area contributed by atoms with E-state index in [1.165, 1.54) is 18.2 Å². The second-order valence-electron chi connectivity index (χ2n) is 4.56. The third kappa shape index (κ3) is 4.56. The monoisotopic (exact) mass is 351 g/mol. The fraction of sp³-hybridized carbons (Fsp3) is 0.188. The largest absolute Gasteiger partial charge is 0.483 e. The molecule has 0 saturated carbocycles. The molecule has 0 radical (unpaired) electrons. The molecular weight excluding hydrogens is 337 g/mol. The van der Waals surface area contributed by atoms with Gasteiger partial charge in [-0.2, -0.15) is 0 Å². The van der Waals surface area contributed by atoms with Crippen molar-refractivity contribution in [3.63, 3.8) is 0 Å². The average molecular weight is 352 g/mol. The second-order valence-corrected chi connectivity index (χ2v) is 5.42. The van der Waals surface area contributed by atoms with Crippen molar-refractivity contribution in [2.45, 2.75) is 13.0 Å². The normalized spacial score (nSPS) is 11.8. The predicted molar refractivity (Wildman–Crippen MR) is 82.6 cm³/mol. The van der Waals surface area contributed by atoms with Gasteiger partial charge in [-0.1, -0.05) is 30.3 Å². The number of amides is 1. The van der Waals surface area contributed by atoms with Crippen LogP contribution in [0.3, 0.4) is 0 Å². The summed E-state index contributed by atoms with van der Waals surface area (Å²) in [5.74, 6) is -0.169. The van der Waals surface area contributed by atoms with Crippen molar-refractivity contribution in [2.75, 3.05) is 6.61 Å². The number of carbonyl (C=O) groups is 1. The summed E-state index contributed by atoms with van der Waals surface area (Å²) in [5.41, 5.74) is 1.02. The van der Waals surface area contributed by atoms with Gasteiger partial charge in [0, 0.05) is 0 Å². The van der Waals surface area contributed by atoms with Crippen LogP contribution in [0.25, 0.3) is 0 Å². The van der Waals surface area contributed by atoms with Crippen LogP contribution in [0.15, 0.2) is 53.0 Å². The molecule has 5 heteroatoms. The molecule has 0 spiro atoms. The molecule has 0 bridgehead atoms. The molecule has 0 aliphatic carbocycles. The third-order valence-electron chi connectivity index (χ3n) is 2.93. The van der Waals surface area contributed by atoms with Crippen LogP contribution in [-0.2, 0) is 4.79 Å². The zero-order chi connectivity index (χ0) is 15.2. The van der Waals surface area contributed by atoms with Crippen molar-refractivity contribution in [3.05, 3.63) is 64.4 Å². The van der Waals surface area contributed by atoms with Gasteiger partial charge in [0.2, 0.25) is 0 Å². The maximum atomic E-state index is 12.9. The summed E-state index contributed by atoms with van der Waals surface area (Å²) in [5, 5.41) is 2.84. The molecule has 3 nitrogen and oxygen atoms in total. The molecule has 1 atom stereocenters. The summed E-state index contributed by atoms with van der Waals surface area (Å²) < 4.78 is 18.8. The lowest BCUT2D eigenvalue weighted by molar-refractivity contribution is -0.123. The van der Waals surface area contributed by atoms with E-state index in [-0.39, 0.29) is 24.4 Å². The molecule has 2 aromatic rings. The van der Waals surface area contributed by atoms with Crippen LogP contribution in [0.5, 0.6) is 5.75 Å². The number of hydrogen-bond acceptors (Lipinski definition) is 2. The zero-order valence-electron chi connectivity index (χ0n) is 11.5. The van der Waals surface area contributed by atoms with E-state index in [2.05, 4.69) is 21.2 Å². The molecule has 0 fully saturated rings. The summed E-state index contributed by atoms with van der Waals surface area (Å²) in [4.78, 5) is 11.9. The maximum absolute atomic E-state index is 12.9. The van der Waals surface area contributed by atoms with Crippen molar-refractivity contribution in [3.8, 4) is 5.75 Å². The first-order valence-corrected chi connectivity index (χ1v) is 7.27. The predicted octanol–water partition coefficient (Wildman–Crippen LogP) is 3.84. The number of carbonyl (C=O) groups excluding carboxylic acids is 1. The first kappa shape index (κ1) is 15.5. The standard InChI is InChI=1S/C16H15BrFNO2/c1-11(12-5-3-2-4-6-12)19-16(20)10-21-15-8-7-13(18)9-14(15)17/h2-9,11H,10H2,1H3,(H,19,20)/t11-/m1/s1. The minimum atomic E-state index is -0.364. The fourth-order valence-electron chi connectivity index (χ4n) is 1.84. The highest BCUT2D eigenvalue weighted by Crippen LogP contribution is 2.25. The van der Waals surface area contributed by atoms with Gasteiger partial charge in [0.25, 0.3) is 5.91 Å². The first-order chi connectivity index (χ1) is 10.1. The van der Waals surface area contributed by atoms with Crippen LogP contribution < -0.4 is 10.1 Å². The van der Waals surface area contributed by atoms with E-state index in [0.717, 1.165) is 5.56 Å². The quantitative estimate of drug-likeness (QED) is 0.888. The van der Waals surface area contributed by atoms with E-state index in [1.807, 2.05) is 37.3 Å². The Kier molecular flexibility index (Phi) is 5.33. The number of hydrogen-bond donors (Lipinski definition) is 1. The Morgan fingerprint density at radius 2 is 2.00 bits per heavy atom. The smallest absolute Gasteiger partial charge is 0.258 e. The molecule has 2 aromatic carbocycles. The number of rotatable bonds is 5. The van der Waals surface area contributed by atoms with Gasteiger partial charge in [0.15, 0.2) is 6.61 Å². The van der Waals surface area contributed by atoms with Crippen LogP contribution in [0, 0.1) is 5.82 Å². The summed E-state index contributed by atoms with van der Waals surface area (Å²) in [6.45, 7) is 1.78. The maximum Gasteiger partial charge on any atom is 0.258 e. The summed E-state index contributed by atoms with van der Waals surface area (Å²) in [7, 11) is 0. The molecule has 0 saturated heterocycles. The van der Waals surface area contributed by atoms with Crippen LogP contribution in [-0.4, -0.2) is 12.5 Å². The Labute approximate surface area is 131 Å². The van der Waals surface area contributed by atoms with E-state index >= 15 is 0 Å². The number of benzene rings is 2. The van der Waals surface area contributed by atoms with Gasteiger partial charge in [-0.25, -0.2) is 4.39 Å². The lowest BCUT2D eigenvalue weighted by Crippen LogP contribution is -2.31. The highest BCUT2D eigenvalue weighted by molar-refractivity contribution is 9.10. The highest BCUT2D eigenvalue weighted by Gasteiger charge is 2.10. The van der Waals surface area contributed by atoms with Crippen molar-refractivity contribution < 1.29 is 13.9 Å². The van der Waals surface area contributed by atoms with Gasteiger partial charge in [0.1, 0.15) is 11.6 Å². The van der Waals surface area contributed by atoms with Gasteiger partial charge >= 0.3 is 0 Å². The topological polar surface area (TPSA) is 38.3 Å². The zero-order valence-corrected chi connectivity index (χ0v) is 13.1. The number of ether oxygens (including phenoxy) is 1. The Hall–Kier alpha value is -1.88. The van der Waals surface area contributed by atoms with E-state index in [4.69, 9.17) is 4.74 Å². The first-order valence-electron chi connectivity index (χ1n) is 6.48. The van der Waals surface area contributed by atoms with Crippen molar-refractivity contribution in [1.82, 2.24) is 5.32 Å². The highest BCUT2D eigenvalue weighted by atomic mass is 79.9. The molecule has 0 unspecified atom stereocenters. The Morgan fingerprint density at radius 3 is 2.67 bits per heavy atom. The lowest BCUT2D eigenvalue weighted by atomic mass is 10.1. The molecule has 1 amide bonds. The average Bonchev–Trinajstić information content (AvgIpc) is 2.47. The molecular formula is C16H15BrFNO2. The second kappa shape index (κ2) is 7.22. The van der Waals surface area contributed by atoms with Gasteiger partial charge < -0.3 is 10.1 Å². The van der Waals surface area contributed by atoms with Gasteiger partial charge in [-0.15, -0.1) is 0 Å². The minimum Gasteiger partial charge on any atom is -0.483 e. The molecule has 1 N–H and O–H groups in total. The van der Waals surface area contributed by atoms with Crippen LogP contribution in [0.2, 0.25) is 0 Å². The van der Waals surface area contributed by atoms with Crippen molar-refractivity contribution in [2.24, 2.45) is 0 Å². The Balaban J connectivity index is 1.87. The van der Waals surface area contributed by atoms with E-state index < -0.39 is 0 Å². The van der Waals surface area contributed by atoms with Gasteiger partial charge in [-0.05, 0) is 46.6 Å². The van der Waals surface area contributed by atoms with Crippen LogP contribution >= 0.6 is 15.9 Å². The summed E-state index contributed by atoms with van der Waals surface area (Å²) in [6, 6.07) is 13.6. The molecule has 0 aliphatic rings. The molecule has 2 rings (SSSR count). The Morgan fingerprint density at radius 1 is 1.29 bits per heavy atom. The van der Waals surface area contributed by atoms with Crippen LogP contribution in [0.4, 0.5) is 4.39 Å². The molecule has 21 heavy (non-hydrogen) atoms. The molecule has 0 aromatic heterocycles. The number of halogens is 2. The SMILES string of the molecule is C[C@@H](NC(=O)COc1ccc(F)cc1Br)c1ccccc1. The number of nitrogens with one attached hydrogen (secondary N) is 1. The molecule has 0 aliphatic heterocycles. The molecule has 0 heterocycles. The summed E-state index contributed by atoms with van der Waals surface area (Å²) >= 11 is 3.19. The van der Waals surface area contributed by atoms with Crippen molar-refractivity contribution >= 4 is 21.8 Å². The minimum absolute atomic E-state index is 0.0982. The van der Waals surface area contributed by atoms with Gasteiger partial charge in [0.05, 0.1) is 10.5 Å². The van der Waals surface area contributed by atoms with E-state index in [0.29, 0.717) is 10.2 Å². The molecule has 110 valence electrons. The fourth-order valence-corrected chi connectivity index (χ4v) is 2.31. The van der Waals surface area contributed by atoms with E-state index in [9.17, 15) is 9.18 Å². The summed E-state index contributed by atoms with van der Waals surface area (Å²) in [6.07, 6.45) is 0. The van der Waals surface area contributed by atoms with E-state index in [1.54, 1.807) is 0 Å². The lowest BCUT2D eigenvalue weighted by Gasteiger charge is -2.15.